The van der Waals surface area contributed by atoms with E-state index in [1.807, 2.05) is 0 Å². The van der Waals surface area contributed by atoms with Crippen LogP contribution in [0.25, 0.3) is 10.8 Å². The first-order valence-electron chi connectivity index (χ1n) is 7.34. The summed E-state index contributed by atoms with van der Waals surface area (Å²) in [6.45, 7) is 0. The first-order chi connectivity index (χ1) is 12.7. The van der Waals surface area contributed by atoms with Crippen molar-refractivity contribution in [3.8, 4) is 5.75 Å². The molecule has 0 atom stereocenters. The Balaban J connectivity index is 0.00000280. The van der Waals surface area contributed by atoms with Crippen molar-refractivity contribution >= 4 is 43.6 Å². The zero-order valence-electron chi connectivity index (χ0n) is 14.4. The van der Waals surface area contributed by atoms with Crippen LogP contribution in [0.15, 0.2) is 63.7 Å². The molecule has 0 heterocycles. The van der Waals surface area contributed by atoms with Gasteiger partial charge in [0.1, 0.15) is 15.8 Å². The number of nitrogens with two attached hydrogens (primary N) is 1. The molecule has 0 radical (unpaired) electrons. The van der Waals surface area contributed by atoms with E-state index in [-0.39, 0.29) is 51.7 Å². The SMILES string of the molecule is Nc1ccc2cc(S(=O)(=O)[O-])c(N=Nc3ccc([N+](=O)[O-])cc3)c(O)c2c1.[Na+]. The Morgan fingerprint density at radius 3 is 2.25 bits per heavy atom. The van der Waals surface area contributed by atoms with E-state index >= 15 is 0 Å². The number of fused-ring (bicyclic) bond motifs is 1. The minimum Gasteiger partial charge on any atom is -0.744 e. The molecule has 3 N–H and O–H groups in total. The molecule has 0 bridgehead atoms. The summed E-state index contributed by atoms with van der Waals surface area (Å²) < 4.78 is 34.7. The molecule has 3 aromatic carbocycles. The van der Waals surface area contributed by atoms with Crippen molar-refractivity contribution in [1.29, 1.82) is 0 Å². The number of benzene rings is 3. The van der Waals surface area contributed by atoms with Crippen molar-refractivity contribution in [2.75, 3.05) is 5.73 Å². The van der Waals surface area contributed by atoms with E-state index in [4.69, 9.17) is 5.73 Å². The predicted octanol–water partition coefficient (Wildman–Crippen LogP) is 0.359. The summed E-state index contributed by atoms with van der Waals surface area (Å²) in [4.78, 5) is 9.31. The van der Waals surface area contributed by atoms with Gasteiger partial charge in [0.05, 0.1) is 15.5 Å². The molecular formula is C16H11N4NaO6S. The van der Waals surface area contributed by atoms with Gasteiger partial charge in [-0.15, -0.1) is 5.11 Å². The quantitative estimate of drug-likeness (QED) is 0.156. The number of phenols is 1. The van der Waals surface area contributed by atoms with Gasteiger partial charge in [0.25, 0.3) is 5.69 Å². The number of aromatic hydroxyl groups is 1. The molecule has 3 rings (SSSR count). The predicted molar refractivity (Wildman–Crippen MR) is 95.3 cm³/mol. The smallest absolute Gasteiger partial charge is 0.744 e. The van der Waals surface area contributed by atoms with Gasteiger partial charge in [0.2, 0.25) is 0 Å². The second-order valence-electron chi connectivity index (χ2n) is 5.48. The largest absolute Gasteiger partial charge is 1.00 e. The minimum atomic E-state index is -4.96. The maximum atomic E-state index is 11.6. The van der Waals surface area contributed by atoms with Gasteiger partial charge in [-0.05, 0) is 35.7 Å². The summed E-state index contributed by atoms with van der Waals surface area (Å²) in [5.41, 5.74) is 5.43. The van der Waals surface area contributed by atoms with Gasteiger partial charge in [-0.2, -0.15) is 5.11 Å². The number of non-ortho nitro benzene ring substituents is 1. The third-order valence-electron chi connectivity index (χ3n) is 3.67. The number of hydrogen-bond acceptors (Lipinski definition) is 9. The number of phenolic OH excluding ortho intramolecular Hbond substituents is 1. The standard InChI is InChI=1S/C16H12N4O6S.Na/c17-10-2-1-9-7-14(27(24,25)26)15(16(21)13(9)8-10)19-18-11-3-5-12(6-4-11)20(22)23;/h1-8,21H,17H2,(H,24,25,26);/q;+1/p-1. The summed E-state index contributed by atoms with van der Waals surface area (Å²) >= 11 is 0. The number of anilines is 1. The van der Waals surface area contributed by atoms with Gasteiger partial charge in [0, 0.05) is 23.2 Å². The number of nitrogen functional groups attached to an aromatic ring is 1. The van der Waals surface area contributed by atoms with Gasteiger partial charge in [-0.1, -0.05) is 6.07 Å². The first-order valence-corrected chi connectivity index (χ1v) is 8.75. The Morgan fingerprint density at radius 1 is 1.04 bits per heavy atom. The van der Waals surface area contributed by atoms with Crippen LogP contribution < -0.4 is 35.3 Å². The number of rotatable bonds is 4. The summed E-state index contributed by atoms with van der Waals surface area (Å²) in [5, 5.41) is 29.0. The van der Waals surface area contributed by atoms with Crippen molar-refractivity contribution in [2.45, 2.75) is 4.90 Å². The van der Waals surface area contributed by atoms with Crippen molar-refractivity contribution < 1.29 is 52.6 Å². The fourth-order valence-corrected chi connectivity index (χ4v) is 3.04. The van der Waals surface area contributed by atoms with E-state index in [0.29, 0.717) is 5.69 Å². The molecular weight excluding hydrogens is 399 g/mol. The molecule has 12 heteroatoms. The summed E-state index contributed by atoms with van der Waals surface area (Å²) in [6.07, 6.45) is 0. The molecule has 0 saturated carbocycles. The Hall–Kier alpha value is -2.57. The first kappa shape index (κ1) is 21.7. The molecule has 0 amide bonds. The zero-order valence-corrected chi connectivity index (χ0v) is 17.3. The van der Waals surface area contributed by atoms with Crippen LogP contribution in [0, 0.1) is 10.1 Å². The number of azo groups is 1. The number of nitro groups is 1. The van der Waals surface area contributed by atoms with E-state index in [2.05, 4.69) is 10.2 Å². The Morgan fingerprint density at radius 2 is 1.68 bits per heavy atom. The van der Waals surface area contributed by atoms with Crippen molar-refractivity contribution in [3.63, 3.8) is 0 Å². The Labute approximate surface area is 180 Å². The third kappa shape index (κ3) is 4.46. The van der Waals surface area contributed by atoms with Crippen LogP contribution in [0.2, 0.25) is 0 Å². The Kier molecular flexibility index (Phi) is 6.37. The minimum absolute atomic E-state index is 0. The van der Waals surface area contributed by atoms with Gasteiger partial charge in [-0.25, -0.2) is 8.42 Å². The summed E-state index contributed by atoms with van der Waals surface area (Å²) in [5.74, 6) is -0.570. The maximum Gasteiger partial charge on any atom is 1.00 e. The molecule has 0 aliphatic carbocycles. The Bertz CT molecular complexity index is 1200. The monoisotopic (exact) mass is 410 g/mol. The number of nitrogens with zero attached hydrogens (tertiary/aromatic N) is 3. The molecule has 0 aromatic heterocycles. The van der Waals surface area contributed by atoms with Gasteiger partial charge in [0.15, 0.2) is 5.75 Å². The molecule has 0 aliphatic rings. The van der Waals surface area contributed by atoms with Crippen LogP contribution in [-0.2, 0) is 10.1 Å². The van der Waals surface area contributed by atoms with Crippen molar-refractivity contribution in [3.05, 3.63) is 58.6 Å². The number of nitro benzene ring substituents is 1. The van der Waals surface area contributed by atoms with Crippen molar-refractivity contribution in [1.82, 2.24) is 0 Å². The van der Waals surface area contributed by atoms with E-state index in [1.54, 1.807) is 0 Å². The van der Waals surface area contributed by atoms with E-state index < -0.39 is 31.4 Å². The van der Waals surface area contributed by atoms with Crippen LogP contribution in [0.3, 0.4) is 0 Å². The molecule has 0 saturated heterocycles. The summed E-state index contributed by atoms with van der Waals surface area (Å²) in [6, 6.07) is 10.3. The molecule has 0 fully saturated rings. The average Bonchev–Trinajstić information content (AvgIpc) is 2.60. The molecule has 28 heavy (non-hydrogen) atoms. The molecule has 10 nitrogen and oxygen atoms in total. The fraction of sp³-hybridized carbons (Fsp3) is 0. The number of hydrogen-bond donors (Lipinski definition) is 2. The van der Waals surface area contributed by atoms with E-state index in [0.717, 1.165) is 6.07 Å². The average molecular weight is 410 g/mol. The van der Waals surface area contributed by atoms with Gasteiger partial charge in [-0.3, -0.25) is 10.1 Å². The topological polar surface area (TPSA) is 171 Å². The second-order valence-corrected chi connectivity index (χ2v) is 6.83. The summed E-state index contributed by atoms with van der Waals surface area (Å²) in [7, 11) is -4.96. The zero-order chi connectivity index (χ0) is 19.8. The molecule has 138 valence electrons. The van der Waals surface area contributed by atoms with Crippen LogP contribution in [-0.4, -0.2) is 23.0 Å². The molecule has 0 spiro atoms. The van der Waals surface area contributed by atoms with Crippen molar-refractivity contribution in [2.24, 2.45) is 10.2 Å². The fourth-order valence-electron chi connectivity index (χ4n) is 2.39. The third-order valence-corrected chi connectivity index (χ3v) is 4.52. The van der Waals surface area contributed by atoms with Gasteiger partial charge < -0.3 is 15.4 Å². The second kappa shape index (κ2) is 8.20. The van der Waals surface area contributed by atoms with Crippen LogP contribution in [0.5, 0.6) is 5.75 Å². The van der Waals surface area contributed by atoms with E-state index in [9.17, 15) is 28.2 Å². The van der Waals surface area contributed by atoms with Crippen LogP contribution in [0.1, 0.15) is 0 Å². The van der Waals surface area contributed by atoms with Gasteiger partial charge >= 0.3 is 29.6 Å². The normalized spacial score (nSPS) is 11.5. The van der Waals surface area contributed by atoms with E-state index in [1.165, 1.54) is 42.5 Å². The maximum absolute atomic E-state index is 11.6. The molecule has 0 aliphatic heterocycles. The molecule has 3 aromatic rings. The van der Waals surface area contributed by atoms with Crippen LogP contribution >= 0.6 is 0 Å². The van der Waals surface area contributed by atoms with Crippen LogP contribution in [0.4, 0.5) is 22.7 Å². The molecule has 0 unspecified atom stereocenters.